The van der Waals surface area contributed by atoms with Crippen LogP contribution in [-0.2, 0) is 19.4 Å². The van der Waals surface area contributed by atoms with Gasteiger partial charge in [0.15, 0.2) is 0 Å². The highest BCUT2D eigenvalue weighted by molar-refractivity contribution is 7.15. The van der Waals surface area contributed by atoms with E-state index in [9.17, 15) is 0 Å². The molecule has 0 aliphatic heterocycles. The van der Waals surface area contributed by atoms with Gasteiger partial charge in [0.2, 0.25) is 5.89 Å². The minimum Gasteiger partial charge on any atom is -0.419 e. The highest BCUT2D eigenvalue weighted by Gasteiger charge is 2.16. The molecule has 0 spiro atoms. The van der Waals surface area contributed by atoms with Crippen molar-refractivity contribution >= 4 is 11.3 Å². The van der Waals surface area contributed by atoms with Crippen LogP contribution in [0.4, 0.5) is 0 Å². The molecule has 0 radical (unpaired) electrons. The van der Waals surface area contributed by atoms with E-state index in [0.717, 1.165) is 17.8 Å². The van der Waals surface area contributed by atoms with E-state index in [1.807, 2.05) is 11.3 Å². The molecule has 0 atom stereocenters. The van der Waals surface area contributed by atoms with Crippen LogP contribution in [0.3, 0.4) is 0 Å². The van der Waals surface area contributed by atoms with Crippen LogP contribution in [0.15, 0.2) is 10.5 Å². The van der Waals surface area contributed by atoms with Gasteiger partial charge in [0.1, 0.15) is 0 Å². The molecule has 108 valence electrons. The highest BCUT2D eigenvalue weighted by Crippen LogP contribution is 2.34. The average molecular weight is 291 g/mol. The van der Waals surface area contributed by atoms with Gasteiger partial charge in [-0.3, -0.25) is 0 Å². The third kappa shape index (κ3) is 3.10. The van der Waals surface area contributed by atoms with Crippen LogP contribution in [0.2, 0.25) is 0 Å². The first-order chi connectivity index (χ1) is 9.86. The van der Waals surface area contributed by atoms with Gasteiger partial charge in [-0.05, 0) is 50.3 Å². The summed E-state index contributed by atoms with van der Waals surface area (Å²) >= 11 is 1.83. The maximum Gasteiger partial charge on any atom is 0.257 e. The van der Waals surface area contributed by atoms with Crippen molar-refractivity contribution < 1.29 is 4.42 Å². The van der Waals surface area contributed by atoms with Crippen LogP contribution in [0.5, 0.6) is 0 Å². The zero-order valence-electron chi connectivity index (χ0n) is 11.9. The number of hydrogen-bond donors (Lipinski definition) is 1. The number of nitrogens with one attached hydrogen (secondary N) is 1. The first-order valence-corrected chi connectivity index (χ1v) is 8.33. The number of rotatable bonds is 5. The maximum atomic E-state index is 5.75. The van der Waals surface area contributed by atoms with E-state index < -0.39 is 0 Å². The van der Waals surface area contributed by atoms with Crippen LogP contribution in [0.1, 0.15) is 48.9 Å². The van der Waals surface area contributed by atoms with E-state index in [2.05, 4.69) is 28.5 Å². The fourth-order valence-electron chi connectivity index (χ4n) is 2.57. The summed E-state index contributed by atoms with van der Waals surface area (Å²) in [6, 6.07) is 2.25. The van der Waals surface area contributed by atoms with Crippen molar-refractivity contribution in [3.05, 3.63) is 22.4 Å². The molecule has 20 heavy (non-hydrogen) atoms. The van der Waals surface area contributed by atoms with Gasteiger partial charge in [0.05, 0.1) is 11.4 Å². The first-order valence-electron chi connectivity index (χ1n) is 7.52. The van der Waals surface area contributed by atoms with Crippen LogP contribution >= 0.6 is 11.3 Å². The van der Waals surface area contributed by atoms with Gasteiger partial charge < -0.3 is 9.73 Å². The monoisotopic (exact) mass is 291 g/mol. The number of aromatic nitrogens is 2. The molecular formula is C15H21N3OS. The van der Waals surface area contributed by atoms with Crippen molar-refractivity contribution in [1.29, 1.82) is 0 Å². The molecule has 0 unspecified atom stereocenters. The average Bonchev–Trinajstić information content (AvgIpc) is 3.02. The van der Waals surface area contributed by atoms with Gasteiger partial charge in [-0.25, -0.2) is 0 Å². The second kappa shape index (κ2) is 6.50. The van der Waals surface area contributed by atoms with E-state index >= 15 is 0 Å². The minimum absolute atomic E-state index is 0.659. The molecule has 0 fully saturated rings. The molecule has 0 bridgehead atoms. The Hall–Kier alpha value is -1.20. The first kappa shape index (κ1) is 13.8. The van der Waals surface area contributed by atoms with Crippen molar-refractivity contribution in [1.82, 2.24) is 15.5 Å². The normalized spacial score (nSPS) is 15.1. The summed E-state index contributed by atoms with van der Waals surface area (Å²) in [6.45, 7) is 3.78. The topological polar surface area (TPSA) is 51.0 Å². The summed E-state index contributed by atoms with van der Waals surface area (Å²) in [5, 5.41) is 11.6. The molecule has 2 aromatic heterocycles. The van der Waals surface area contributed by atoms with Gasteiger partial charge in [-0.2, -0.15) is 0 Å². The lowest BCUT2D eigenvalue weighted by Crippen LogP contribution is -2.13. The second-order valence-corrected chi connectivity index (χ2v) is 6.43. The van der Waals surface area contributed by atoms with Crippen LogP contribution < -0.4 is 5.32 Å². The number of thiophene rings is 1. The predicted molar refractivity (Wildman–Crippen MR) is 80.9 cm³/mol. The van der Waals surface area contributed by atoms with E-state index in [-0.39, 0.29) is 0 Å². The Bertz CT molecular complexity index is 538. The summed E-state index contributed by atoms with van der Waals surface area (Å²) in [5.41, 5.74) is 1.49. The van der Waals surface area contributed by atoms with E-state index in [1.54, 1.807) is 0 Å². The Labute approximate surface area is 123 Å². The Morgan fingerprint density at radius 1 is 1.25 bits per heavy atom. The molecule has 3 rings (SSSR count). The van der Waals surface area contributed by atoms with Crippen LogP contribution in [-0.4, -0.2) is 16.7 Å². The zero-order chi connectivity index (χ0) is 13.8. The van der Waals surface area contributed by atoms with Crippen molar-refractivity contribution in [3.63, 3.8) is 0 Å². The summed E-state index contributed by atoms with van der Waals surface area (Å²) in [4.78, 5) is 2.65. The van der Waals surface area contributed by atoms with E-state index in [1.165, 1.54) is 42.5 Å². The molecule has 2 aromatic rings. The molecule has 0 saturated carbocycles. The Morgan fingerprint density at radius 3 is 3.05 bits per heavy atom. The maximum absolute atomic E-state index is 5.75. The number of nitrogens with zero attached hydrogens (tertiary/aromatic N) is 2. The molecule has 5 heteroatoms. The third-order valence-electron chi connectivity index (χ3n) is 3.63. The smallest absolute Gasteiger partial charge is 0.257 e. The molecule has 2 heterocycles. The molecule has 0 saturated heterocycles. The zero-order valence-corrected chi connectivity index (χ0v) is 12.8. The predicted octanol–water partition coefficient (Wildman–Crippen LogP) is 3.57. The lowest BCUT2D eigenvalue weighted by Gasteiger charge is -1.96. The van der Waals surface area contributed by atoms with Gasteiger partial charge in [-0.15, -0.1) is 21.5 Å². The SMILES string of the molecule is CCCNCc1nnc(-c2cc3c(s2)CCCCC3)o1. The lowest BCUT2D eigenvalue weighted by atomic mass is 10.1. The molecule has 1 aliphatic carbocycles. The Balaban J connectivity index is 1.73. The molecule has 1 N–H and O–H groups in total. The van der Waals surface area contributed by atoms with Crippen molar-refractivity contribution in [2.45, 2.75) is 52.0 Å². The quantitative estimate of drug-likeness (QED) is 0.676. The standard InChI is InChI=1S/C15H21N3OS/c1-2-8-16-10-14-17-18-15(19-14)13-9-11-6-4-3-5-7-12(11)20-13/h9,16H,2-8,10H2,1H3. The number of aryl methyl sites for hydroxylation is 2. The van der Waals surface area contributed by atoms with Crippen LogP contribution in [0.25, 0.3) is 10.8 Å². The lowest BCUT2D eigenvalue weighted by molar-refractivity contribution is 0.478. The second-order valence-electron chi connectivity index (χ2n) is 5.30. The fraction of sp³-hybridized carbons (Fsp3) is 0.600. The van der Waals surface area contributed by atoms with Gasteiger partial charge in [-0.1, -0.05) is 13.3 Å². The summed E-state index contributed by atoms with van der Waals surface area (Å²) in [7, 11) is 0. The Morgan fingerprint density at radius 2 is 2.15 bits per heavy atom. The molecule has 1 aliphatic rings. The van der Waals surface area contributed by atoms with Gasteiger partial charge in [0.25, 0.3) is 5.89 Å². The van der Waals surface area contributed by atoms with Gasteiger partial charge in [0, 0.05) is 4.88 Å². The van der Waals surface area contributed by atoms with Crippen molar-refractivity contribution in [2.75, 3.05) is 6.54 Å². The largest absolute Gasteiger partial charge is 0.419 e. The summed E-state index contributed by atoms with van der Waals surface area (Å²) < 4.78 is 5.75. The number of hydrogen-bond acceptors (Lipinski definition) is 5. The summed E-state index contributed by atoms with van der Waals surface area (Å²) in [5.74, 6) is 1.36. The molecule has 4 nitrogen and oxygen atoms in total. The summed E-state index contributed by atoms with van der Waals surface area (Å²) in [6.07, 6.45) is 7.48. The van der Waals surface area contributed by atoms with E-state index in [0.29, 0.717) is 18.3 Å². The number of fused-ring (bicyclic) bond motifs is 1. The van der Waals surface area contributed by atoms with Crippen molar-refractivity contribution in [3.8, 4) is 10.8 Å². The van der Waals surface area contributed by atoms with Crippen molar-refractivity contribution in [2.24, 2.45) is 0 Å². The minimum atomic E-state index is 0.659. The fourth-order valence-corrected chi connectivity index (χ4v) is 3.74. The van der Waals surface area contributed by atoms with E-state index in [4.69, 9.17) is 4.42 Å². The van der Waals surface area contributed by atoms with Gasteiger partial charge >= 0.3 is 0 Å². The van der Waals surface area contributed by atoms with Crippen LogP contribution in [0, 0.1) is 0 Å². The molecule has 0 amide bonds. The highest BCUT2D eigenvalue weighted by atomic mass is 32.1. The third-order valence-corrected chi connectivity index (χ3v) is 4.85. The molecular weight excluding hydrogens is 270 g/mol. The Kier molecular flexibility index (Phi) is 4.47. The molecule has 0 aromatic carbocycles.